The van der Waals surface area contributed by atoms with Crippen LogP contribution in [0.2, 0.25) is 5.15 Å². The number of nitrogens with zero attached hydrogens (tertiary/aromatic N) is 3. The van der Waals surface area contributed by atoms with Crippen LogP contribution in [0.1, 0.15) is 47.3 Å². The first-order valence-corrected chi connectivity index (χ1v) is 11.0. The van der Waals surface area contributed by atoms with Crippen molar-refractivity contribution >= 4 is 17.5 Å². The second-order valence-corrected chi connectivity index (χ2v) is 8.70. The molecule has 166 valence electrons. The van der Waals surface area contributed by atoms with Crippen molar-refractivity contribution in [1.82, 2.24) is 14.8 Å². The minimum Gasteiger partial charge on any atom is -0.337 e. The predicted molar refractivity (Wildman–Crippen MR) is 114 cm³/mol. The lowest BCUT2D eigenvalue weighted by Gasteiger charge is -2.36. The monoisotopic (exact) mass is 451 g/mol. The minimum absolute atomic E-state index is 0.0280. The number of rotatable bonds is 3. The standard InChI is InChI=1S/C23H25ClF3N3O/c1-15-13-19(16-5-4-6-17(14-16)23(25,26)27)21(24)28-20(15)22(31)30-11-7-18(8-12-30)29-9-2-3-10-29/h4-6,13-14,18H,2-3,7-12H2,1H3. The Balaban J connectivity index is 1.52. The molecule has 31 heavy (non-hydrogen) atoms. The van der Waals surface area contributed by atoms with E-state index in [2.05, 4.69) is 9.88 Å². The lowest BCUT2D eigenvalue weighted by molar-refractivity contribution is -0.137. The molecule has 2 saturated heterocycles. The zero-order chi connectivity index (χ0) is 22.2. The molecule has 8 heteroatoms. The summed E-state index contributed by atoms with van der Waals surface area (Å²) in [4.78, 5) is 21.7. The van der Waals surface area contributed by atoms with Gasteiger partial charge < -0.3 is 9.80 Å². The summed E-state index contributed by atoms with van der Waals surface area (Å²) in [6.45, 7) is 5.38. The maximum atomic E-state index is 13.1. The fourth-order valence-corrected chi connectivity index (χ4v) is 4.81. The van der Waals surface area contributed by atoms with Gasteiger partial charge in [0.2, 0.25) is 0 Å². The summed E-state index contributed by atoms with van der Waals surface area (Å²) < 4.78 is 39.2. The molecule has 0 spiro atoms. The number of benzene rings is 1. The molecule has 2 aliphatic heterocycles. The van der Waals surface area contributed by atoms with Gasteiger partial charge in [-0.2, -0.15) is 13.2 Å². The number of piperidine rings is 1. The van der Waals surface area contributed by atoms with Gasteiger partial charge in [0.05, 0.1) is 5.56 Å². The normalized spacial score (nSPS) is 18.5. The smallest absolute Gasteiger partial charge is 0.337 e. The summed E-state index contributed by atoms with van der Waals surface area (Å²) in [6.07, 6.45) is -0.0539. The molecule has 0 N–H and O–H groups in total. The molecule has 0 aliphatic carbocycles. The Morgan fingerprint density at radius 1 is 1.10 bits per heavy atom. The molecule has 2 aliphatic rings. The van der Waals surface area contributed by atoms with Crippen molar-refractivity contribution in [1.29, 1.82) is 0 Å². The third kappa shape index (κ3) is 4.72. The molecule has 0 atom stereocenters. The third-order valence-electron chi connectivity index (χ3n) is 6.28. The maximum Gasteiger partial charge on any atom is 0.416 e. The quantitative estimate of drug-likeness (QED) is 0.584. The van der Waals surface area contributed by atoms with E-state index in [4.69, 9.17) is 11.6 Å². The summed E-state index contributed by atoms with van der Waals surface area (Å²) in [5, 5.41) is 0.0280. The first-order chi connectivity index (χ1) is 14.7. The Morgan fingerprint density at radius 3 is 2.42 bits per heavy atom. The summed E-state index contributed by atoms with van der Waals surface area (Å²) in [7, 11) is 0. The van der Waals surface area contributed by atoms with Gasteiger partial charge in [0.15, 0.2) is 0 Å². The lowest BCUT2D eigenvalue weighted by atomic mass is 10.0. The van der Waals surface area contributed by atoms with Crippen LogP contribution in [0.4, 0.5) is 13.2 Å². The zero-order valence-electron chi connectivity index (χ0n) is 17.4. The van der Waals surface area contributed by atoms with Gasteiger partial charge in [0.25, 0.3) is 5.91 Å². The van der Waals surface area contributed by atoms with E-state index in [1.807, 2.05) is 4.90 Å². The fourth-order valence-electron chi connectivity index (χ4n) is 4.56. The Morgan fingerprint density at radius 2 is 1.77 bits per heavy atom. The number of hydrogen-bond donors (Lipinski definition) is 0. The van der Waals surface area contributed by atoms with Crippen LogP contribution in [0.15, 0.2) is 30.3 Å². The zero-order valence-corrected chi connectivity index (χ0v) is 18.1. The number of carbonyl (C=O) groups is 1. The highest BCUT2D eigenvalue weighted by molar-refractivity contribution is 6.32. The van der Waals surface area contributed by atoms with E-state index in [9.17, 15) is 18.0 Å². The largest absolute Gasteiger partial charge is 0.416 e. The highest BCUT2D eigenvalue weighted by Crippen LogP contribution is 2.35. The number of aryl methyl sites for hydroxylation is 1. The Labute approximate surface area is 185 Å². The average molecular weight is 452 g/mol. The van der Waals surface area contributed by atoms with Gasteiger partial charge in [0, 0.05) is 24.7 Å². The Bertz CT molecular complexity index is 965. The van der Waals surface area contributed by atoms with Gasteiger partial charge in [-0.15, -0.1) is 0 Å². The Hall–Kier alpha value is -2.12. The van der Waals surface area contributed by atoms with Gasteiger partial charge in [-0.1, -0.05) is 23.7 Å². The first kappa shape index (κ1) is 22.1. The molecule has 2 aromatic rings. The van der Waals surface area contributed by atoms with Crippen LogP contribution >= 0.6 is 11.6 Å². The minimum atomic E-state index is -4.44. The molecular formula is C23H25ClF3N3O. The number of amides is 1. The van der Waals surface area contributed by atoms with Crippen molar-refractivity contribution in [3.8, 4) is 11.1 Å². The van der Waals surface area contributed by atoms with Crippen molar-refractivity contribution < 1.29 is 18.0 Å². The molecule has 4 nitrogen and oxygen atoms in total. The Kier molecular flexibility index (Phi) is 6.26. The van der Waals surface area contributed by atoms with E-state index in [1.54, 1.807) is 19.1 Å². The van der Waals surface area contributed by atoms with Crippen LogP contribution in [0.3, 0.4) is 0 Å². The van der Waals surface area contributed by atoms with E-state index in [1.165, 1.54) is 18.9 Å². The third-order valence-corrected chi connectivity index (χ3v) is 6.57. The predicted octanol–water partition coefficient (Wildman–Crippen LogP) is 5.43. The topological polar surface area (TPSA) is 36.4 Å². The molecule has 0 saturated carbocycles. The van der Waals surface area contributed by atoms with E-state index < -0.39 is 11.7 Å². The molecular weight excluding hydrogens is 427 g/mol. The van der Waals surface area contributed by atoms with Crippen LogP contribution in [0.25, 0.3) is 11.1 Å². The number of halogens is 4. The molecule has 2 fully saturated rings. The van der Waals surface area contributed by atoms with Gasteiger partial charge in [0.1, 0.15) is 10.8 Å². The molecule has 0 radical (unpaired) electrons. The van der Waals surface area contributed by atoms with E-state index in [0.717, 1.165) is 38.1 Å². The SMILES string of the molecule is Cc1cc(-c2cccc(C(F)(F)F)c2)c(Cl)nc1C(=O)N1CCC(N2CCCC2)CC1. The van der Waals surface area contributed by atoms with Crippen molar-refractivity contribution in [2.75, 3.05) is 26.2 Å². The van der Waals surface area contributed by atoms with E-state index in [-0.39, 0.29) is 16.8 Å². The summed E-state index contributed by atoms with van der Waals surface area (Å²) in [5.41, 5.74) is 0.819. The molecule has 1 aromatic heterocycles. The second kappa shape index (κ2) is 8.79. The van der Waals surface area contributed by atoms with E-state index >= 15 is 0 Å². The van der Waals surface area contributed by atoms with Crippen LogP contribution in [0.5, 0.6) is 0 Å². The summed E-state index contributed by atoms with van der Waals surface area (Å²) >= 11 is 6.32. The number of alkyl halides is 3. The van der Waals surface area contributed by atoms with Crippen LogP contribution in [0, 0.1) is 6.92 Å². The second-order valence-electron chi connectivity index (χ2n) is 8.34. The summed E-state index contributed by atoms with van der Waals surface area (Å²) in [6, 6.07) is 7.14. The van der Waals surface area contributed by atoms with Crippen molar-refractivity contribution in [2.45, 2.75) is 44.8 Å². The molecule has 0 bridgehead atoms. The number of pyridine rings is 1. The molecule has 1 aromatic carbocycles. The van der Waals surface area contributed by atoms with E-state index in [0.29, 0.717) is 35.8 Å². The number of aromatic nitrogens is 1. The van der Waals surface area contributed by atoms with Crippen molar-refractivity contribution in [3.63, 3.8) is 0 Å². The van der Waals surface area contributed by atoms with Gasteiger partial charge >= 0.3 is 6.18 Å². The fraction of sp³-hybridized carbons (Fsp3) is 0.478. The van der Waals surface area contributed by atoms with Crippen LogP contribution in [-0.4, -0.2) is 52.9 Å². The van der Waals surface area contributed by atoms with Crippen molar-refractivity contribution in [3.05, 3.63) is 52.3 Å². The van der Waals surface area contributed by atoms with Gasteiger partial charge in [-0.05, 0) is 75.0 Å². The molecule has 3 heterocycles. The lowest BCUT2D eigenvalue weighted by Crippen LogP contribution is -2.46. The van der Waals surface area contributed by atoms with Crippen molar-refractivity contribution in [2.24, 2.45) is 0 Å². The van der Waals surface area contributed by atoms with Gasteiger partial charge in [-0.3, -0.25) is 4.79 Å². The highest BCUT2D eigenvalue weighted by atomic mass is 35.5. The highest BCUT2D eigenvalue weighted by Gasteiger charge is 2.32. The van der Waals surface area contributed by atoms with Crippen LogP contribution in [-0.2, 0) is 6.18 Å². The maximum absolute atomic E-state index is 13.1. The van der Waals surface area contributed by atoms with Crippen LogP contribution < -0.4 is 0 Å². The average Bonchev–Trinajstić information content (AvgIpc) is 3.29. The number of carbonyl (C=O) groups excluding carboxylic acids is 1. The van der Waals surface area contributed by atoms with Gasteiger partial charge in [-0.25, -0.2) is 4.98 Å². The first-order valence-electron chi connectivity index (χ1n) is 10.6. The molecule has 1 amide bonds. The number of likely N-dealkylation sites (tertiary alicyclic amines) is 2. The molecule has 4 rings (SSSR count). The molecule has 0 unspecified atom stereocenters. The summed E-state index contributed by atoms with van der Waals surface area (Å²) in [5.74, 6) is -0.171. The number of hydrogen-bond acceptors (Lipinski definition) is 3.